The van der Waals surface area contributed by atoms with Gasteiger partial charge in [-0.3, -0.25) is 4.79 Å². The number of ether oxygens (including phenoxy) is 1. The Morgan fingerprint density at radius 1 is 1.31 bits per heavy atom. The van der Waals surface area contributed by atoms with E-state index < -0.39 is 14.6 Å². The topological polar surface area (TPSA) is 60.4 Å². The predicted molar refractivity (Wildman–Crippen MR) is 62.1 cm³/mol. The molecule has 0 N–H and O–H groups in total. The molecular formula is C11H20O4S. The van der Waals surface area contributed by atoms with E-state index in [1.807, 2.05) is 0 Å². The summed E-state index contributed by atoms with van der Waals surface area (Å²) in [5, 5.41) is 0. The molecule has 0 atom stereocenters. The van der Waals surface area contributed by atoms with Crippen molar-refractivity contribution in [3.63, 3.8) is 0 Å². The lowest BCUT2D eigenvalue weighted by molar-refractivity contribution is -0.122. The number of sulfone groups is 1. The van der Waals surface area contributed by atoms with E-state index in [1.54, 1.807) is 0 Å². The number of rotatable bonds is 4. The number of carbonyl (C=O) groups is 1. The van der Waals surface area contributed by atoms with Crippen molar-refractivity contribution in [1.29, 1.82) is 0 Å². The van der Waals surface area contributed by atoms with Crippen LogP contribution in [0.5, 0.6) is 0 Å². The molecule has 1 heterocycles. The molecule has 1 aliphatic rings. The summed E-state index contributed by atoms with van der Waals surface area (Å²) in [7, 11) is -3.33. The van der Waals surface area contributed by atoms with E-state index in [1.165, 1.54) is 13.8 Å². The van der Waals surface area contributed by atoms with Crippen LogP contribution in [0, 0.1) is 5.92 Å². The van der Waals surface area contributed by atoms with E-state index in [2.05, 4.69) is 0 Å². The molecule has 0 aromatic rings. The van der Waals surface area contributed by atoms with Crippen LogP contribution in [0.25, 0.3) is 0 Å². The van der Waals surface area contributed by atoms with Gasteiger partial charge in [0.15, 0.2) is 15.6 Å². The first-order valence-corrected chi connectivity index (χ1v) is 7.45. The van der Waals surface area contributed by atoms with Crippen molar-refractivity contribution in [3.8, 4) is 0 Å². The summed E-state index contributed by atoms with van der Waals surface area (Å²) in [6.07, 6.45) is 3.18. The van der Waals surface area contributed by atoms with Crippen LogP contribution in [0.4, 0.5) is 0 Å². The van der Waals surface area contributed by atoms with E-state index in [0.29, 0.717) is 19.6 Å². The van der Waals surface area contributed by atoms with Crippen molar-refractivity contribution in [2.45, 2.75) is 37.9 Å². The number of hydrogen-bond donors (Lipinski definition) is 0. The molecule has 0 unspecified atom stereocenters. The Morgan fingerprint density at radius 2 is 1.81 bits per heavy atom. The van der Waals surface area contributed by atoms with Crippen LogP contribution in [0.3, 0.4) is 0 Å². The van der Waals surface area contributed by atoms with Crippen LogP contribution < -0.4 is 0 Å². The van der Waals surface area contributed by atoms with Crippen molar-refractivity contribution in [1.82, 2.24) is 0 Å². The third-order valence-electron chi connectivity index (χ3n) is 3.41. The molecule has 0 spiro atoms. The third-order valence-corrected chi connectivity index (χ3v) is 5.50. The zero-order valence-electron chi connectivity index (χ0n) is 10.2. The molecule has 1 aliphatic heterocycles. The molecule has 1 fully saturated rings. The molecule has 0 radical (unpaired) electrons. The van der Waals surface area contributed by atoms with Gasteiger partial charge in [0.05, 0.1) is 0 Å². The van der Waals surface area contributed by atoms with Gasteiger partial charge >= 0.3 is 0 Å². The maximum absolute atomic E-state index is 12.0. The highest BCUT2D eigenvalue weighted by molar-refractivity contribution is 7.92. The molecule has 0 aliphatic carbocycles. The van der Waals surface area contributed by atoms with Gasteiger partial charge in [0.2, 0.25) is 0 Å². The average molecular weight is 248 g/mol. The second kappa shape index (κ2) is 4.84. The van der Waals surface area contributed by atoms with Crippen LogP contribution in [0.15, 0.2) is 0 Å². The van der Waals surface area contributed by atoms with Crippen LogP contribution in [0.2, 0.25) is 0 Å². The second-order valence-electron chi connectivity index (χ2n) is 4.97. The average Bonchev–Trinajstić information content (AvgIpc) is 2.17. The Bertz CT molecular complexity index is 350. The van der Waals surface area contributed by atoms with Crippen LogP contribution in [-0.4, -0.2) is 38.4 Å². The van der Waals surface area contributed by atoms with E-state index >= 15 is 0 Å². The first kappa shape index (κ1) is 13.6. The Kier molecular flexibility index (Phi) is 4.12. The summed E-state index contributed by atoms with van der Waals surface area (Å²) in [5.41, 5.74) is 0. The minimum atomic E-state index is -3.33. The largest absolute Gasteiger partial charge is 0.381 e. The monoisotopic (exact) mass is 248 g/mol. The Hall–Kier alpha value is -0.420. The third kappa shape index (κ3) is 3.04. The maximum atomic E-state index is 12.0. The van der Waals surface area contributed by atoms with Gasteiger partial charge in [0.1, 0.15) is 4.75 Å². The van der Waals surface area contributed by atoms with Crippen molar-refractivity contribution in [2.24, 2.45) is 5.92 Å². The minimum absolute atomic E-state index is 0.179. The molecule has 94 valence electrons. The summed E-state index contributed by atoms with van der Waals surface area (Å²) < 4.78 is 26.9. The summed E-state index contributed by atoms with van der Waals surface area (Å²) in [6.45, 7) is 4.34. The lowest BCUT2D eigenvalue weighted by Crippen LogP contribution is -2.41. The Balaban J connectivity index is 2.64. The van der Waals surface area contributed by atoms with Gasteiger partial charge < -0.3 is 4.74 Å². The number of Topliss-reactive ketones (excluding diaryl/α,β-unsaturated/α-hetero) is 1. The summed E-state index contributed by atoms with van der Waals surface area (Å²) in [6, 6.07) is 0. The highest BCUT2D eigenvalue weighted by Gasteiger charge is 2.38. The van der Waals surface area contributed by atoms with Crippen molar-refractivity contribution in [3.05, 3.63) is 0 Å². The molecule has 5 heteroatoms. The quantitative estimate of drug-likeness (QED) is 0.750. The fourth-order valence-electron chi connectivity index (χ4n) is 1.67. The molecule has 1 rings (SSSR count). The van der Waals surface area contributed by atoms with Crippen LogP contribution in [0.1, 0.15) is 33.1 Å². The van der Waals surface area contributed by atoms with Crippen LogP contribution in [-0.2, 0) is 19.4 Å². The number of carbonyl (C=O) groups excluding carboxylic acids is 1. The second-order valence-corrected chi connectivity index (χ2v) is 7.53. The van der Waals surface area contributed by atoms with Crippen LogP contribution >= 0.6 is 0 Å². The van der Waals surface area contributed by atoms with Gasteiger partial charge in [-0.2, -0.15) is 0 Å². The highest BCUT2D eigenvalue weighted by atomic mass is 32.2. The highest BCUT2D eigenvalue weighted by Crippen LogP contribution is 2.25. The lowest BCUT2D eigenvalue weighted by atomic mass is 9.90. The standard InChI is InChI=1S/C11H20O4S/c1-11(2,16(3,13)14)10(12)8-9-4-6-15-7-5-9/h9H,4-8H2,1-3H3. The van der Waals surface area contributed by atoms with Gasteiger partial charge in [-0.1, -0.05) is 0 Å². The van der Waals surface area contributed by atoms with E-state index in [0.717, 1.165) is 19.1 Å². The van der Waals surface area contributed by atoms with Crippen molar-refractivity contribution in [2.75, 3.05) is 19.5 Å². The van der Waals surface area contributed by atoms with Gasteiger partial charge in [-0.05, 0) is 32.6 Å². The Morgan fingerprint density at radius 3 is 2.25 bits per heavy atom. The van der Waals surface area contributed by atoms with Crippen molar-refractivity contribution < 1.29 is 17.9 Å². The van der Waals surface area contributed by atoms with E-state index in [9.17, 15) is 13.2 Å². The zero-order chi connectivity index (χ0) is 12.4. The van der Waals surface area contributed by atoms with Gasteiger partial charge in [0.25, 0.3) is 0 Å². The molecule has 4 nitrogen and oxygen atoms in total. The first-order chi connectivity index (χ1) is 7.25. The molecular weight excluding hydrogens is 228 g/mol. The number of ketones is 1. The lowest BCUT2D eigenvalue weighted by Gasteiger charge is -2.26. The summed E-state index contributed by atoms with van der Waals surface area (Å²) >= 11 is 0. The molecule has 1 saturated heterocycles. The van der Waals surface area contributed by atoms with Crippen molar-refractivity contribution >= 4 is 15.6 Å². The molecule has 16 heavy (non-hydrogen) atoms. The fourth-order valence-corrected chi connectivity index (χ4v) is 2.16. The molecule has 0 bridgehead atoms. The van der Waals surface area contributed by atoms with Gasteiger partial charge in [0, 0.05) is 25.9 Å². The summed E-state index contributed by atoms with van der Waals surface area (Å²) in [4.78, 5) is 12.0. The number of hydrogen-bond acceptors (Lipinski definition) is 4. The summed E-state index contributed by atoms with van der Waals surface area (Å²) in [5.74, 6) is 0.101. The van der Waals surface area contributed by atoms with Gasteiger partial charge in [-0.15, -0.1) is 0 Å². The Labute approximate surface area is 97.3 Å². The maximum Gasteiger partial charge on any atom is 0.159 e. The molecule has 0 saturated carbocycles. The smallest absolute Gasteiger partial charge is 0.159 e. The SMILES string of the molecule is CC(C)(C(=O)CC1CCOCC1)S(C)(=O)=O. The minimum Gasteiger partial charge on any atom is -0.381 e. The fraction of sp³-hybridized carbons (Fsp3) is 0.909. The zero-order valence-corrected chi connectivity index (χ0v) is 11.0. The predicted octanol–water partition coefficient (Wildman–Crippen LogP) is 1.20. The molecule has 0 aromatic heterocycles. The van der Waals surface area contributed by atoms with Gasteiger partial charge in [-0.25, -0.2) is 8.42 Å². The first-order valence-electron chi connectivity index (χ1n) is 5.56. The molecule has 0 amide bonds. The molecule has 0 aromatic carbocycles. The van der Waals surface area contributed by atoms with E-state index in [4.69, 9.17) is 4.74 Å². The van der Waals surface area contributed by atoms with E-state index in [-0.39, 0.29) is 11.7 Å². The normalized spacial score (nSPS) is 19.7.